The predicted molar refractivity (Wildman–Crippen MR) is 108 cm³/mol. The van der Waals surface area contributed by atoms with Gasteiger partial charge in [0.2, 0.25) is 0 Å². The summed E-state index contributed by atoms with van der Waals surface area (Å²) in [6.45, 7) is 0. The van der Waals surface area contributed by atoms with Crippen molar-refractivity contribution in [2.45, 2.75) is 31.2 Å². The Labute approximate surface area is 167 Å². The maximum Gasteiger partial charge on any atom is 0.335 e. The molecule has 3 aliphatic rings. The number of halogens is 1. The second kappa shape index (κ2) is 6.26. The summed E-state index contributed by atoms with van der Waals surface area (Å²) < 4.78 is 6.73. The first-order valence-electron chi connectivity index (χ1n) is 9.54. The molecule has 2 fully saturated rings. The van der Waals surface area contributed by atoms with Gasteiger partial charge in [-0.1, -0.05) is 15.9 Å². The topological polar surface area (TPSA) is 58.6 Å². The fourth-order valence-electron chi connectivity index (χ4n) is 5.88. The number of aromatic carboxylic acids is 1. The van der Waals surface area contributed by atoms with E-state index < -0.39 is 5.97 Å². The molecule has 0 unspecified atom stereocenters. The SMILES string of the molecule is COc1ccc(Br)cc1[C@@H]1Nc2ccc(C(=O)O)cc2[C@@H]2[C@H]3CC[C@@H](C3)[C@H]21. The first kappa shape index (κ1) is 17.1. The van der Waals surface area contributed by atoms with Crippen molar-refractivity contribution >= 4 is 27.6 Å². The zero-order valence-electron chi connectivity index (χ0n) is 15.1. The molecular formula is C22H22BrNO3. The van der Waals surface area contributed by atoms with Crippen LogP contribution in [0.25, 0.3) is 0 Å². The number of hydrogen-bond acceptors (Lipinski definition) is 3. The molecule has 5 atom stereocenters. The Morgan fingerprint density at radius 3 is 2.74 bits per heavy atom. The molecule has 2 saturated carbocycles. The van der Waals surface area contributed by atoms with Crippen molar-refractivity contribution in [2.75, 3.05) is 12.4 Å². The summed E-state index contributed by atoms with van der Waals surface area (Å²) in [6, 6.07) is 11.9. The number of carbonyl (C=O) groups is 1. The van der Waals surface area contributed by atoms with Gasteiger partial charge < -0.3 is 15.2 Å². The Hall–Kier alpha value is -2.01. The van der Waals surface area contributed by atoms with E-state index in [-0.39, 0.29) is 6.04 Å². The van der Waals surface area contributed by atoms with Gasteiger partial charge >= 0.3 is 5.97 Å². The number of nitrogens with one attached hydrogen (secondary N) is 1. The molecule has 4 nitrogen and oxygen atoms in total. The highest BCUT2D eigenvalue weighted by Crippen LogP contribution is 2.64. The molecule has 2 aliphatic carbocycles. The van der Waals surface area contributed by atoms with Crippen LogP contribution in [-0.2, 0) is 0 Å². The molecule has 2 bridgehead atoms. The van der Waals surface area contributed by atoms with Gasteiger partial charge in [-0.25, -0.2) is 4.79 Å². The van der Waals surface area contributed by atoms with Crippen LogP contribution in [0, 0.1) is 17.8 Å². The highest BCUT2D eigenvalue weighted by molar-refractivity contribution is 9.10. The van der Waals surface area contributed by atoms with E-state index in [4.69, 9.17) is 4.74 Å². The van der Waals surface area contributed by atoms with E-state index in [9.17, 15) is 9.90 Å². The van der Waals surface area contributed by atoms with Crippen LogP contribution < -0.4 is 10.1 Å². The van der Waals surface area contributed by atoms with E-state index in [0.717, 1.165) is 15.9 Å². The molecular weight excluding hydrogens is 406 g/mol. The van der Waals surface area contributed by atoms with Crippen molar-refractivity contribution in [1.82, 2.24) is 0 Å². The van der Waals surface area contributed by atoms with Gasteiger partial charge in [0.15, 0.2) is 0 Å². The van der Waals surface area contributed by atoms with Gasteiger partial charge in [0, 0.05) is 15.7 Å². The number of hydrogen-bond donors (Lipinski definition) is 2. The summed E-state index contributed by atoms with van der Waals surface area (Å²) in [7, 11) is 1.72. The van der Waals surface area contributed by atoms with Gasteiger partial charge in [0.05, 0.1) is 18.7 Å². The lowest BCUT2D eigenvalue weighted by Crippen LogP contribution is -2.35. The zero-order chi connectivity index (χ0) is 18.7. The Morgan fingerprint density at radius 1 is 1.15 bits per heavy atom. The Bertz CT molecular complexity index is 928. The molecule has 1 aliphatic heterocycles. The van der Waals surface area contributed by atoms with E-state index in [1.165, 1.54) is 30.4 Å². The van der Waals surface area contributed by atoms with E-state index >= 15 is 0 Å². The first-order valence-corrected chi connectivity index (χ1v) is 10.3. The Morgan fingerprint density at radius 2 is 1.96 bits per heavy atom. The number of ether oxygens (including phenoxy) is 1. The maximum atomic E-state index is 11.5. The van der Waals surface area contributed by atoms with Crippen LogP contribution in [0.2, 0.25) is 0 Å². The van der Waals surface area contributed by atoms with Crippen molar-refractivity contribution in [2.24, 2.45) is 17.8 Å². The monoisotopic (exact) mass is 427 g/mol. The summed E-state index contributed by atoms with van der Waals surface area (Å²) in [6.07, 6.45) is 3.78. The maximum absolute atomic E-state index is 11.5. The molecule has 5 heteroatoms. The van der Waals surface area contributed by atoms with E-state index in [1.807, 2.05) is 24.3 Å². The second-order valence-electron chi connectivity index (χ2n) is 8.05. The van der Waals surface area contributed by atoms with Crippen molar-refractivity contribution < 1.29 is 14.6 Å². The lowest BCUT2D eigenvalue weighted by Gasteiger charge is -2.44. The average Bonchev–Trinajstić information content (AvgIpc) is 3.29. The molecule has 1 heterocycles. The number of anilines is 1. The van der Waals surface area contributed by atoms with E-state index in [0.29, 0.717) is 29.2 Å². The minimum absolute atomic E-state index is 0.181. The van der Waals surface area contributed by atoms with Gasteiger partial charge in [-0.2, -0.15) is 0 Å². The number of benzene rings is 2. The van der Waals surface area contributed by atoms with Crippen LogP contribution in [0.4, 0.5) is 5.69 Å². The van der Waals surface area contributed by atoms with Crippen molar-refractivity contribution in [3.8, 4) is 5.75 Å². The molecule has 2 aromatic rings. The lowest BCUT2D eigenvalue weighted by molar-refractivity contribution is 0.0696. The number of methoxy groups -OCH3 is 1. The van der Waals surface area contributed by atoms with Crippen LogP contribution in [0.15, 0.2) is 40.9 Å². The predicted octanol–water partition coefficient (Wildman–Crippen LogP) is 5.45. The van der Waals surface area contributed by atoms with Gasteiger partial charge in [0.1, 0.15) is 5.75 Å². The third kappa shape index (κ3) is 2.59. The van der Waals surface area contributed by atoms with Gasteiger partial charge in [-0.15, -0.1) is 0 Å². The number of carboxylic acids is 1. The third-order valence-electron chi connectivity index (χ3n) is 6.86. The van der Waals surface area contributed by atoms with Crippen LogP contribution in [-0.4, -0.2) is 18.2 Å². The summed E-state index contributed by atoms with van der Waals surface area (Å²) >= 11 is 3.61. The number of carboxylic acid groups (broad SMARTS) is 1. The molecule has 0 radical (unpaired) electrons. The molecule has 2 aromatic carbocycles. The van der Waals surface area contributed by atoms with Crippen molar-refractivity contribution in [3.63, 3.8) is 0 Å². The molecule has 140 valence electrons. The normalized spacial score (nSPS) is 30.4. The molecule has 27 heavy (non-hydrogen) atoms. The molecule has 0 amide bonds. The molecule has 0 spiro atoms. The lowest BCUT2D eigenvalue weighted by atomic mass is 9.67. The Kier molecular flexibility index (Phi) is 3.97. The first-order chi connectivity index (χ1) is 13.1. The largest absolute Gasteiger partial charge is 0.496 e. The summed E-state index contributed by atoms with van der Waals surface area (Å²) in [5.41, 5.74) is 3.83. The fourth-order valence-corrected chi connectivity index (χ4v) is 6.26. The smallest absolute Gasteiger partial charge is 0.335 e. The zero-order valence-corrected chi connectivity index (χ0v) is 16.7. The molecule has 5 rings (SSSR count). The van der Waals surface area contributed by atoms with Crippen LogP contribution in [0.1, 0.15) is 52.7 Å². The minimum Gasteiger partial charge on any atom is -0.496 e. The Balaban J connectivity index is 1.65. The highest BCUT2D eigenvalue weighted by Gasteiger charge is 2.54. The second-order valence-corrected chi connectivity index (χ2v) is 8.97. The highest BCUT2D eigenvalue weighted by atomic mass is 79.9. The quantitative estimate of drug-likeness (QED) is 0.683. The van der Waals surface area contributed by atoms with Gasteiger partial charge in [-0.3, -0.25) is 0 Å². The van der Waals surface area contributed by atoms with Gasteiger partial charge in [0.25, 0.3) is 0 Å². The van der Waals surface area contributed by atoms with Crippen LogP contribution >= 0.6 is 15.9 Å². The minimum atomic E-state index is -0.853. The molecule has 0 aromatic heterocycles. The van der Waals surface area contributed by atoms with Crippen molar-refractivity contribution in [1.29, 1.82) is 0 Å². The van der Waals surface area contributed by atoms with Crippen LogP contribution in [0.5, 0.6) is 5.75 Å². The van der Waals surface area contributed by atoms with Crippen molar-refractivity contribution in [3.05, 3.63) is 57.6 Å². The summed E-state index contributed by atoms with van der Waals surface area (Å²) in [4.78, 5) is 11.5. The van der Waals surface area contributed by atoms with E-state index in [2.05, 4.69) is 27.3 Å². The van der Waals surface area contributed by atoms with Gasteiger partial charge in [-0.05, 0) is 84.9 Å². The van der Waals surface area contributed by atoms with Crippen LogP contribution in [0.3, 0.4) is 0 Å². The third-order valence-corrected chi connectivity index (χ3v) is 7.35. The molecule has 2 N–H and O–H groups in total. The average molecular weight is 428 g/mol. The summed E-state index contributed by atoms with van der Waals surface area (Å²) in [5.74, 6) is 2.29. The van der Waals surface area contributed by atoms with E-state index in [1.54, 1.807) is 13.2 Å². The number of fused-ring (bicyclic) bond motifs is 7. The standard InChI is InChI=1S/C22H22BrNO3/c1-27-18-7-5-14(23)10-16(18)21-20-12-3-2-11(8-12)19(20)15-9-13(22(25)26)4-6-17(15)24-21/h4-7,9-12,19-21,24H,2-3,8H2,1H3,(H,25,26)/t11-,12-,19-,20+,21-/m0/s1. The fraction of sp³-hybridized carbons (Fsp3) is 0.409. The molecule has 0 saturated heterocycles. The number of rotatable bonds is 3. The summed E-state index contributed by atoms with van der Waals surface area (Å²) in [5, 5.41) is 13.2.